The minimum absolute atomic E-state index is 0.234. The summed E-state index contributed by atoms with van der Waals surface area (Å²) in [6.45, 7) is 9.00. The van der Waals surface area contributed by atoms with Gasteiger partial charge >= 0.3 is 0 Å². The Morgan fingerprint density at radius 2 is 1.40 bits per heavy atom. The highest BCUT2D eigenvalue weighted by molar-refractivity contribution is 4.81. The first-order valence-electron chi connectivity index (χ1n) is 6.04. The standard InChI is InChI=1S/C12H27NO2/c1-5-11(13,6-2)9-15-10-12(14,7-3)8-4/h14H,5-10,13H2,1-4H3. The van der Waals surface area contributed by atoms with Crippen molar-refractivity contribution < 1.29 is 9.84 Å². The third-order valence-electron chi connectivity index (χ3n) is 3.48. The van der Waals surface area contributed by atoms with Crippen LogP contribution >= 0.6 is 0 Å². The van der Waals surface area contributed by atoms with Gasteiger partial charge in [0.1, 0.15) is 0 Å². The van der Waals surface area contributed by atoms with Gasteiger partial charge in [-0.25, -0.2) is 0 Å². The summed E-state index contributed by atoms with van der Waals surface area (Å²) in [4.78, 5) is 0. The number of nitrogens with two attached hydrogens (primary N) is 1. The second-order valence-electron chi connectivity index (χ2n) is 4.49. The molecule has 0 aromatic carbocycles. The molecule has 0 saturated heterocycles. The van der Waals surface area contributed by atoms with Crippen molar-refractivity contribution in [2.45, 2.75) is 64.5 Å². The summed E-state index contributed by atoms with van der Waals surface area (Å²) < 4.78 is 5.55. The Morgan fingerprint density at radius 1 is 0.933 bits per heavy atom. The highest BCUT2D eigenvalue weighted by Gasteiger charge is 2.25. The highest BCUT2D eigenvalue weighted by atomic mass is 16.5. The lowest BCUT2D eigenvalue weighted by Gasteiger charge is -2.30. The van der Waals surface area contributed by atoms with Crippen LogP contribution in [0.15, 0.2) is 0 Å². The molecule has 0 saturated carbocycles. The Bertz CT molecular complexity index is 145. The molecular formula is C12H27NO2. The van der Waals surface area contributed by atoms with E-state index < -0.39 is 5.60 Å². The number of aliphatic hydroxyl groups is 1. The molecule has 0 fully saturated rings. The van der Waals surface area contributed by atoms with Gasteiger partial charge in [0.15, 0.2) is 0 Å². The van der Waals surface area contributed by atoms with Crippen molar-refractivity contribution in [2.75, 3.05) is 13.2 Å². The van der Waals surface area contributed by atoms with Crippen LogP contribution in [-0.2, 0) is 4.74 Å². The summed E-state index contributed by atoms with van der Waals surface area (Å²) in [5.74, 6) is 0. The van der Waals surface area contributed by atoms with Crippen LogP contribution in [-0.4, -0.2) is 29.5 Å². The molecule has 0 aliphatic heterocycles. The zero-order valence-electron chi connectivity index (χ0n) is 10.7. The van der Waals surface area contributed by atoms with Gasteiger partial charge in [0.25, 0.3) is 0 Å². The van der Waals surface area contributed by atoms with E-state index >= 15 is 0 Å². The van der Waals surface area contributed by atoms with Crippen LogP contribution in [0.3, 0.4) is 0 Å². The molecule has 0 spiro atoms. The lowest BCUT2D eigenvalue weighted by atomic mass is 9.95. The average Bonchev–Trinajstić information content (AvgIpc) is 2.28. The quantitative estimate of drug-likeness (QED) is 0.654. The molecule has 0 atom stereocenters. The van der Waals surface area contributed by atoms with Crippen molar-refractivity contribution in [3.8, 4) is 0 Å². The monoisotopic (exact) mass is 217 g/mol. The number of hydrogen-bond donors (Lipinski definition) is 2. The Labute approximate surface area is 94.0 Å². The largest absolute Gasteiger partial charge is 0.388 e. The van der Waals surface area contributed by atoms with Crippen LogP contribution in [0.4, 0.5) is 0 Å². The Hall–Kier alpha value is -0.120. The molecule has 0 radical (unpaired) electrons. The van der Waals surface area contributed by atoms with E-state index in [1.165, 1.54) is 0 Å². The molecule has 0 heterocycles. The van der Waals surface area contributed by atoms with Gasteiger partial charge < -0.3 is 15.6 Å². The molecule has 0 aromatic heterocycles. The molecule has 3 N–H and O–H groups in total. The van der Waals surface area contributed by atoms with E-state index in [0.29, 0.717) is 13.2 Å². The van der Waals surface area contributed by atoms with Crippen molar-refractivity contribution >= 4 is 0 Å². The van der Waals surface area contributed by atoms with E-state index in [2.05, 4.69) is 13.8 Å². The zero-order chi connectivity index (χ0) is 11.9. The van der Waals surface area contributed by atoms with Crippen LogP contribution in [0.5, 0.6) is 0 Å². The second-order valence-corrected chi connectivity index (χ2v) is 4.49. The molecule has 92 valence electrons. The van der Waals surface area contributed by atoms with Crippen LogP contribution in [0.25, 0.3) is 0 Å². The second kappa shape index (κ2) is 6.46. The SMILES string of the molecule is CCC(N)(CC)COCC(O)(CC)CC. The fraction of sp³-hybridized carbons (Fsp3) is 1.00. The van der Waals surface area contributed by atoms with Gasteiger partial charge in [-0.1, -0.05) is 27.7 Å². The maximum atomic E-state index is 10.0. The lowest BCUT2D eigenvalue weighted by molar-refractivity contribution is -0.0618. The number of rotatable bonds is 8. The molecule has 15 heavy (non-hydrogen) atoms. The first kappa shape index (κ1) is 14.9. The van der Waals surface area contributed by atoms with E-state index in [1.807, 2.05) is 13.8 Å². The predicted octanol–water partition coefficient (Wildman–Crippen LogP) is 2.07. The van der Waals surface area contributed by atoms with Gasteiger partial charge in [-0.05, 0) is 25.7 Å². The molecule has 0 unspecified atom stereocenters. The van der Waals surface area contributed by atoms with Gasteiger partial charge in [0.05, 0.1) is 18.8 Å². The fourth-order valence-corrected chi connectivity index (χ4v) is 1.35. The van der Waals surface area contributed by atoms with Gasteiger partial charge in [-0.2, -0.15) is 0 Å². The minimum Gasteiger partial charge on any atom is -0.388 e. The van der Waals surface area contributed by atoms with Crippen molar-refractivity contribution in [2.24, 2.45) is 5.73 Å². The normalized spacial score (nSPS) is 13.2. The third-order valence-corrected chi connectivity index (χ3v) is 3.48. The molecule has 3 heteroatoms. The first-order valence-corrected chi connectivity index (χ1v) is 6.04. The molecule has 0 aromatic rings. The maximum absolute atomic E-state index is 10.0. The van der Waals surface area contributed by atoms with E-state index in [0.717, 1.165) is 25.7 Å². The summed E-state index contributed by atoms with van der Waals surface area (Å²) >= 11 is 0. The van der Waals surface area contributed by atoms with Crippen molar-refractivity contribution in [1.29, 1.82) is 0 Å². The molecule has 0 aliphatic rings. The summed E-state index contributed by atoms with van der Waals surface area (Å²) in [5.41, 5.74) is 5.19. The van der Waals surface area contributed by atoms with Gasteiger partial charge in [-0.15, -0.1) is 0 Å². The Balaban J connectivity index is 3.96. The summed E-state index contributed by atoms with van der Waals surface area (Å²) in [5, 5.41) is 10.0. The van der Waals surface area contributed by atoms with Crippen LogP contribution in [0, 0.1) is 0 Å². The lowest BCUT2D eigenvalue weighted by Crippen LogP contribution is -2.45. The zero-order valence-corrected chi connectivity index (χ0v) is 10.7. The van der Waals surface area contributed by atoms with Crippen molar-refractivity contribution in [3.63, 3.8) is 0 Å². The smallest absolute Gasteiger partial charge is 0.0874 e. The maximum Gasteiger partial charge on any atom is 0.0874 e. The molecule has 0 rings (SSSR count). The molecule has 3 nitrogen and oxygen atoms in total. The summed E-state index contributed by atoms with van der Waals surface area (Å²) in [6.07, 6.45) is 3.25. The van der Waals surface area contributed by atoms with E-state index in [-0.39, 0.29) is 5.54 Å². The van der Waals surface area contributed by atoms with Crippen LogP contribution < -0.4 is 5.73 Å². The predicted molar refractivity (Wildman–Crippen MR) is 63.9 cm³/mol. The van der Waals surface area contributed by atoms with Gasteiger partial charge in [0.2, 0.25) is 0 Å². The minimum atomic E-state index is -0.678. The van der Waals surface area contributed by atoms with Crippen LogP contribution in [0.1, 0.15) is 53.4 Å². The van der Waals surface area contributed by atoms with Crippen molar-refractivity contribution in [1.82, 2.24) is 0 Å². The molecular weight excluding hydrogens is 190 g/mol. The number of ether oxygens (including phenoxy) is 1. The van der Waals surface area contributed by atoms with Gasteiger partial charge in [0, 0.05) is 5.54 Å². The Kier molecular flexibility index (Phi) is 6.41. The molecule has 0 aliphatic carbocycles. The van der Waals surface area contributed by atoms with Gasteiger partial charge in [-0.3, -0.25) is 0 Å². The summed E-state index contributed by atoms with van der Waals surface area (Å²) in [6, 6.07) is 0. The molecule has 0 bridgehead atoms. The van der Waals surface area contributed by atoms with Crippen LogP contribution in [0.2, 0.25) is 0 Å². The number of hydrogen-bond acceptors (Lipinski definition) is 3. The third kappa shape index (κ3) is 4.96. The van der Waals surface area contributed by atoms with Crippen molar-refractivity contribution in [3.05, 3.63) is 0 Å². The fourth-order valence-electron chi connectivity index (χ4n) is 1.35. The van der Waals surface area contributed by atoms with E-state index in [4.69, 9.17) is 10.5 Å². The van der Waals surface area contributed by atoms with E-state index in [9.17, 15) is 5.11 Å². The molecule has 0 amide bonds. The van der Waals surface area contributed by atoms with E-state index in [1.54, 1.807) is 0 Å². The first-order chi connectivity index (χ1) is 6.95. The topological polar surface area (TPSA) is 55.5 Å². The highest BCUT2D eigenvalue weighted by Crippen LogP contribution is 2.17. The average molecular weight is 217 g/mol. The Morgan fingerprint density at radius 3 is 1.73 bits per heavy atom. The summed E-state index contributed by atoms with van der Waals surface area (Å²) in [7, 11) is 0.